The lowest BCUT2D eigenvalue weighted by Gasteiger charge is -2.25. The lowest BCUT2D eigenvalue weighted by molar-refractivity contribution is -0.147. The van der Waals surface area contributed by atoms with Crippen LogP contribution in [0.15, 0.2) is 54.6 Å². The van der Waals surface area contributed by atoms with Crippen LogP contribution in [-0.2, 0) is 27.9 Å². The van der Waals surface area contributed by atoms with Gasteiger partial charge in [0.05, 0.1) is 12.2 Å². The van der Waals surface area contributed by atoms with Crippen molar-refractivity contribution in [1.29, 1.82) is 0 Å². The minimum Gasteiger partial charge on any atom is -0.463 e. The van der Waals surface area contributed by atoms with Crippen LogP contribution in [0.2, 0.25) is 0 Å². The Morgan fingerprint density at radius 1 is 1.17 bits per heavy atom. The van der Waals surface area contributed by atoms with Gasteiger partial charge in [0.1, 0.15) is 24.2 Å². The Morgan fingerprint density at radius 2 is 1.94 bits per heavy atom. The fourth-order valence-corrected chi connectivity index (χ4v) is 3.94. The number of aryl methyl sites for hydroxylation is 2. The van der Waals surface area contributed by atoms with E-state index in [2.05, 4.69) is 4.90 Å². The van der Waals surface area contributed by atoms with Crippen molar-refractivity contribution in [2.75, 3.05) is 33.4 Å². The van der Waals surface area contributed by atoms with Gasteiger partial charge in [0.25, 0.3) is 0 Å². The van der Waals surface area contributed by atoms with Gasteiger partial charge in [-0.25, -0.2) is 4.68 Å². The molecule has 3 rings (SSSR count). The van der Waals surface area contributed by atoms with Gasteiger partial charge in [0.15, 0.2) is 0 Å². The maximum atomic E-state index is 11.7. The van der Waals surface area contributed by atoms with Crippen LogP contribution in [0.4, 0.5) is 0 Å². The molecule has 0 aliphatic rings. The molecule has 8 nitrogen and oxygen atoms in total. The molecule has 1 atom stereocenters. The molecule has 8 heteroatoms. The average Bonchev–Trinajstić information content (AvgIpc) is 3.16. The van der Waals surface area contributed by atoms with Crippen molar-refractivity contribution < 1.29 is 24.1 Å². The number of esters is 1. The molecule has 0 saturated heterocycles. The summed E-state index contributed by atoms with van der Waals surface area (Å²) in [6.45, 7) is 5.71. The first-order valence-corrected chi connectivity index (χ1v) is 12.3. The van der Waals surface area contributed by atoms with E-state index in [1.807, 2.05) is 75.5 Å². The third-order valence-corrected chi connectivity index (χ3v) is 5.69. The van der Waals surface area contributed by atoms with Crippen LogP contribution in [0.3, 0.4) is 0 Å². The standard InChI is InChI=1S/C28H37N3O5/c1-5-10-26(33)35-20-23(32)18-31(15-16-34-4)19-25-27(22-12-7-6-8-13-22)29-30(3)28(25)36-24-14-9-11-21(2)17-24/h6-9,11-14,17,23,32H,5,10,15-16,18-20H2,1-4H3/t23-/m0/s1. The van der Waals surface area contributed by atoms with E-state index in [9.17, 15) is 9.90 Å². The van der Waals surface area contributed by atoms with Gasteiger partial charge in [-0.1, -0.05) is 49.4 Å². The summed E-state index contributed by atoms with van der Waals surface area (Å²) >= 11 is 0. The number of ether oxygens (including phenoxy) is 3. The molecular formula is C28H37N3O5. The number of hydrogen-bond acceptors (Lipinski definition) is 7. The number of rotatable bonds is 14. The molecule has 1 aromatic heterocycles. The predicted molar refractivity (Wildman–Crippen MR) is 139 cm³/mol. The number of methoxy groups -OCH3 is 1. The third-order valence-electron chi connectivity index (χ3n) is 5.69. The largest absolute Gasteiger partial charge is 0.463 e. The van der Waals surface area contributed by atoms with E-state index in [4.69, 9.17) is 19.3 Å². The van der Waals surface area contributed by atoms with Gasteiger partial charge < -0.3 is 19.3 Å². The van der Waals surface area contributed by atoms with E-state index in [0.29, 0.717) is 45.0 Å². The Hall–Kier alpha value is -3.20. The molecule has 0 unspecified atom stereocenters. The average molecular weight is 496 g/mol. The molecule has 0 amide bonds. The number of nitrogens with zero attached hydrogens (tertiary/aromatic N) is 3. The van der Waals surface area contributed by atoms with E-state index in [1.165, 1.54) is 0 Å². The summed E-state index contributed by atoms with van der Waals surface area (Å²) in [6.07, 6.45) is 0.221. The Balaban J connectivity index is 1.89. The summed E-state index contributed by atoms with van der Waals surface area (Å²) in [5.74, 6) is 1.06. The molecule has 3 aromatic rings. The van der Waals surface area contributed by atoms with Gasteiger partial charge in [0, 0.05) is 45.8 Å². The van der Waals surface area contributed by atoms with Crippen LogP contribution in [0.5, 0.6) is 11.6 Å². The number of hydrogen-bond donors (Lipinski definition) is 1. The number of carbonyl (C=O) groups is 1. The van der Waals surface area contributed by atoms with Gasteiger partial charge >= 0.3 is 5.97 Å². The number of aromatic nitrogens is 2. The summed E-state index contributed by atoms with van der Waals surface area (Å²) in [5, 5.41) is 15.4. The number of benzene rings is 2. The molecule has 0 aliphatic heterocycles. The summed E-state index contributed by atoms with van der Waals surface area (Å²) < 4.78 is 18.6. The molecular weight excluding hydrogens is 458 g/mol. The van der Waals surface area contributed by atoms with Gasteiger partial charge in [0.2, 0.25) is 5.88 Å². The van der Waals surface area contributed by atoms with E-state index < -0.39 is 6.10 Å². The molecule has 36 heavy (non-hydrogen) atoms. The first-order valence-electron chi connectivity index (χ1n) is 12.3. The molecule has 0 saturated carbocycles. The Morgan fingerprint density at radius 3 is 2.64 bits per heavy atom. The summed E-state index contributed by atoms with van der Waals surface area (Å²) in [6, 6.07) is 17.8. The van der Waals surface area contributed by atoms with Crippen molar-refractivity contribution >= 4 is 5.97 Å². The minimum absolute atomic E-state index is 0.0481. The number of aliphatic hydroxyl groups is 1. The highest BCUT2D eigenvalue weighted by Crippen LogP contribution is 2.34. The molecule has 0 bridgehead atoms. The zero-order chi connectivity index (χ0) is 25.9. The lowest BCUT2D eigenvalue weighted by atomic mass is 10.1. The highest BCUT2D eigenvalue weighted by molar-refractivity contribution is 5.69. The van der Waals surface area contributed by atoms with Crippen LogP contribution in [0.25, 0.3) is 11.3 Å². The Kier molecular flexibility index (Phi) is 10.5. The van der Waals surface area contributed by atoms with E-state index >= 15 is 0 Å². The zero-order valence-corrected chi connectivity index (χ0v) is 21.6. The Bertz CT molecular complexity index is 1100. The van der Waals surface area contributed by atoms with Crippen molar-refractivity contribution in [2.45, 2.75) is 39.3 Å². The third kappa shape index (κ3) is 7.91. The predicted octanol–water partition coefficient (Wildman–Crippen LogP) is 4.34. The molecule has 2 aromatic carbocycles. The number of carbonyl (C=O) groups excluding carboxylic acids is 1. The van der Waals surface area contributed by atoms with Gasteiger partial charge in [-0.2, -0.15) is 5.10 Å². The van der Waals surface area contributed by atoms with Crippen molar-refractivity contribution in [3.05, 3.63) is 65.7 Å². The first kappa shape index (κ1) is 27.4. The van der Waals surface area contributed by atoms with Gasteiger partial charge in [-0.15, -0.1) is 0 Å². The van der Waals surface area contributed by atoms with Crippen LogP contribution >= 0.6 is 0 Å². The maximum Gasteiger partial charge on any atom is 0.305 e. The van der Waals surface area contributed by atoms with E-state index in [1.54, 1.807) is 11.8 Å². The second-order valence-electron chi connectivity index (χ2n) is 8.86. The topological polar surface area (TPSA) is 86.0 Å². The van der Waals surface area contributed by atoms with Crippen molar-refractivity contribution in [2.24, 2.45) is 7.05 Å². The quantitative estimate of drug-likeness (QED) is 0.333. The molecule has 0 radical (unpaired) electrons. The summed E-state index contributed by atoms with van der Waals surface area (Å²) in [7, 11) is 3.51. The molecule has 0 fully saturated rings. The Labute approximate surface area is 213 Å². The normalized spacial score (nSPS) is 12.1. The molecule has 194 valence electrons. The lowest BCUT2D eigenvalue weighted by Crippen LogP contribution is -2.37. The monoisotopic (exact) mass is 495 g/mol. The van der Waals surface area contributed by atoms with Crippen molar-refractivity contribution in [3.8, 4) is 22.9 Å². The molecule has 1 heterocycles. The van der Waals surface area contributed by atoms with Crippen molar-refractivity contribution in [1.82, 2.24) is 14.7 Å². The van der Waals surface area contributed by atoms with Crippen LogP contribution in [0.1, 0.15) is 30.9 Å². The highest BCUT2D eigenvalue weighted by atomic mass is 16.5. The van der Waals surface area contributed by atoms with Gasteiger partial charge in [-0.05, 0) is 31.0 Å². The van der Waals surface area contributed by atoms with Crippen LogP contribution in [-0.4, -0.2) is 65.3 Å². The van der Waals surface area contributed by atoms with E-state index in [0.717, 1.165) is 28.1 Å². The summed E-state index contributed by atoms with van der Waals surface area (Å²) in [5.41, 5.74) is 3.79. The molecule has 0 spiro atoms. The van der Waals surface area contributed by atoms with Gasteiger partial charge in [-0.3, -0.25) is 9.69 Å². The SMILES string of the molecule is CCCC(=O)OC[C@@H](O)CN(CCOC)Cc1c(-c2ccccc2)nn(C)c1Oc1cccc(C)c1. The molecule has 0 aliphatic carbocycles. The fourth-order valence-electron chi connectivity index (χ4n) is 3.94. The second kappa shape index (κ2) is 13.8. The van der Waals surface area contributed by atoms with Crippen LogP contribution < -0.4 is 4.74 Å². The number of aliphatic hydroxyl groups excluding tert-OH is 1. The maximum absolute atomic E-state index is 11.7. The smallest absolute Gasteiger partial charge is 0.305 e. The van der Waals surface area contributed by atoms with E-state index in [-0.39, 0.29) is 12.6 Å². The zero-order valence-electron chi connectivity index (χ0n) is 21.6. The second-order valence-corrected chi connectivity index (χ2v) is 8.86. The minimum atomic E-state index is -0.833. The fraction of sp³-hybridized carbons (Fsp3) is 0.429. The summed E-state index contributed by atoms with van der Waals surface area (Å²) in [4.78, 5) is 13.8. The highest BCUT2D eigenvalue weighted by Gasteiger charge is 2.24. The first-order chi connectivity index (χ1) is 17.4. The molecule has 1 N–H and O–H groups in total. The van der Waals surface area contributed by atoms with Crippen LogP contribution in [0, 0.1) is 6.92 Å². The van der Waals surface area contributed by atoms with Crippen molar-refractivity contribution in [3.63, 3.8) is 0 Å².